The molecule has 2 aliphatic heterocycles. The summed E-state index contributed by atoms with van der Waals surface area (Å²) in [5, 5.41) is 15.4. The number of aliphatic hydroxyl groups is 1. The quantitative estimate of drug-likeness (QED) is 0.582. The molecule has 0 saturated carbocycles. The van der Waals surface area contributed by atoms with Crippen molar-refractivity contribution in [2.24, 2.45) is 0 Å². The Balaban J connectivity index is 2.27. The fraction of sp³-hybridized carbons (Fsp3) is 1.00. The number of rotatable bonds is 9. The lowest BCUT2D eigenvalue weighted by molar-refractivity contribution is -0.416. The lowest BCUT2D eigenvalue weighted by Crippen LogP contribution is -2.71. The number of hydrogen-bond acceptors (Lipinski definition) is 8. The highest BCUT2D eigenvalue weighted by atomic mass is 16.7. The van der Waals surface area contributed by atoms with Crippen LogP contribution in [-0.4, -0.2) is 105 Å². The minimum Gasteiger partial charge on any atom is -0.379 e. The maximum Gasteiger partial charge on any atom is 0.284 e. The molecule has 8 heteroatoms. The van der Waals surface area contributed by atoms with Crippen molar-refractivity contribution in [3.63, 3.8) is 0 Å². The molecular weight excluding hydrogens is 314 g/mol. The normalized spacial score (nSPS) is 22.9. The number of morpholine rings is 2. The van der Waals surface area contributed by atoms with E-state index in [9.17, 15) is 5.11 Å². The van der Waals surface area contributed by atoms with E-state index in [0.29, 0.717) is 59.3 Å². The van der Waals surface area contributed by atoms with Gasteiger partial charge in [0.05, 0.1) is 26.4 Å². The zero-order valence-electron chi connectivity index (χ0n) is 15.3. The van der Waals surface area contributed by atoms with Crippen molar-refractivity contribution in [2.75, 3.05) is 72.4 Å². The van der Waals surface area contributed by atoms with Crippen LogP contribution in [0, 0.1) is 0 Å². The molecule has 1 N–H and O–H groups in total. The maximum absolute atomic E-state index is 11.2. The van der Waals surface area contributed by atoms with Crippen LogP contribution in [0.5, 0.6) is 0 Å². The second kappa shape index (κ2) is 9.98. The van der Waals surface area contributed by atoms with Crippen molar-refractivity contribution >= 4 is 0 Å². The van der Waals surface area contributed by atoms with Crippen molar-refractivity contribution in [3.8, 4) is 0 Å². The Morgan fingerprint density at radius 1 is 0.958 bits per heavy atom. The van der Waals surface area contributed by atoms with Gasteiger partial charge in [-0.15, -0.1) is 0 Å². The number of aliphatic hydroxyl groups excluding tert-OH is 1. The van der Waals surface area contributed by atoms with Gasteiger partial charge in [0.1, 0.15) is 0 Å². The first-order chi connectivity index (χ1) is 11.7. The lowest BCUT2D eigenvalue weighted by Gasteiger charge is -2.52. The number of hydrogen-bond donors (Lipinski definition) is 1. The molecular formula is C16H33N3O5. The van der Waals surface area contributed by atoms with E-state index in [1.807, 2.05) is 30.7 Å². The van der Waals surface area contributed by atoms with Crippen molar-refractivity contribution in [3.05, 3.63) is 0 Å². The van der Waals surface area contributed by atoms with Crippen LogP contribution in [0.1, 0.15) is 20.8 Å². The van der Waals surface area contributed by atoms with Gasteiger partial charge in [0.2, 0.25) is 0 Å². The van der Waals surface area contributed by atoms with Crippen LogP contribution >= 0.6 is 0 Å². The summed E-state index contributed by atoms with van der Waals surface area (Å²) in [6.07, 6.45) is -0.899. The molecule has 0 aromatic heterocycles. The third-order valence-corrected chi connectivity index (χ3v) is 4.41. The van der Waals surface area contributed by atoms with Crippen molar-refractivity contribution in [1.29, 1.82) is 0 Å². The summed E-state index contributed by atoms with van der Waals surface area (Å²) < 4.78 is 23.0. The molecule has 0 amide bonds. The summed E-state index contributed by atoms with van der Waals surface area (Å²) in [7, 11) is 0. The highest BCUT2D eigenvalue weighted by Crippen LogP contribution is 2.29. The van der Waals surface area contributed by atoms with E-state index in [0.717, 1.165) is 13.1 Å². The molecule has 0 aromatic rings. The molecule has 2 heterocycles. The Morgan fingerprint density at radius 2 is 1.46 bits per heavy atom. The largest absolute Gasteiger partial charge is 0.379 e. The number of ether oxygens (including phenoxy) is 4. The number of hydrazine groups is 1. The highest BCUT2D eigenvalue weighted by Gasteiger charge is 2.50. The lowest BCUT2D eigenvalue weighted by atomic mass is 10.2. The van der Waals surface area contributed by atoms with Gasteiger partial charge >= 0.3 is 0 Å². The Kier molecular flexibility index (Phi) is 8.32. The number of nitrogens with zero attached hydrogens (tertiary/aromatic N) is 3. The monoisotopic (exact) mass is 347 g/mol. The van der Waals surface area contributed by atoms with Crippen LogP contribution < -0.4 is 0 Å². The van der Waals surface area contributed by atoms with Gasteiger partial charge in [0, 0.05) is 45.9 Å². The molecule has 0 bridgehead atoms. The molecule has 2 aliphatic rings. The summed E-state index contributed by atoms with van der Waals surface area (Å²) in [5.41, 5.74) is 0. The Hall–Kier alpha value is -0.320. The van der Waals surface area contributed by atoms with Crippen LogP contribution in [0.4, 0.5) is 0 Å². The minimum absolute atomic E-state index is 0.447. The highest BCUT2D eigenvalue weighted by molar-refractivity contribution is 4.82. The van der Waals surface area contributed by atoms with Gasteiger partial charge in [-0.3, -0.25) is 4.90 Å². The molecule has 1 unspecified atom stereocenters. The molecule has 24 heavy (non-hydrogen) atoms. The van der Waals surface area contributed by atoms with E-state index < -0.39 is 12.1 Å². The average Bonchev–Trinajstić information content (AvgIpc) is 2.63. The van der Waals surface area contributed by atoms with E-state index in [4.69, 9.17) is 18.9 Å². The molecule has 8 nitrogen and oxygen atoms in total. The maximum atomic E-state index is 11.2. The number of likely N-dealkylation sites (N-methyl/N-ethyl adjacent to an activating group) is 1. The van der Waals surface area contributed by atoms with Gasteiger partial charge in [-0.25, -0.2) is 5.01 Å². The van der Waals surface area contributed by atoms with Gasteiger partial charge in [-0.2, -0.15) is 5.01 Å². The molecule has 142 valence electrons. The van der Waals surface area contributed by atoms with E-state index in [2.05, 4.69) is 5.01 Å². The second-order valence-electron chi connectivity index (χ2n) is 5.80. The molecule has 1 atom stereocenters. The van der Waals surface area contributed by atoms with Crippen molar-refractivity contribution < 1.29 is 24.1 Å². The van der Waals surface area contributed by atoms with Gasteiger partial charge in [-0.05, 0) is 13.8 Å². The third kappa shape index (κ3) is 4.44. The van der Waals surface area contributed by atoms with Gasteiger partial charge in [0.25, 0.3) is 5.91 Å². The Bertz CT molecular complexity index is 343. The first-order valence-corrected chi connectivity index (χ1v) is 9.07. The van der Waals surface area contributed by atoms with Crippen LogP contribution in [-0.2, 0) is 18.9 Å². The zero-order chi connectivity index (χ0) is 17.4. The first-order valence-electron chi connectivity index (χ1n) is 9.07. The van der Waals surface area contributed by atoms with Crippen molar-refractivity contribution in [2.45, 2.75) is 32.9 Å². The molecule has 0 spiro atoms. The van der Waals surface area contributed by atoms with Crippen molar-refractivity contribution in [1.82, 2.24) is 14.9 Å². The second-order valence-corrected chi connectivity index (χ2v) is 5.80. The van der Waals surface area contributed by atoms with E-state index >= 15 is 0 Å². The van der Waals surface area contributed by atoms with E-state index in [1.165, 1.54) is 0 Å². The molecule has 2 saturated heterocycles. The topological polar surface area (TPSA) is 66.9 Å². The van der Waals surface area contributed by atoms with E-state index in [-0.39, 0.29) is 0 Å². The molecule has 0 aliphatic carbocycles. The fourth-order valence-electron chi connectivity index (χ4n) is 3.35. The predicted octanol–water partition coefficient (Wildman–Crippen LogP) is -0.0671. The van der Waals surface area contributed by atoms with Gasteiger partial charge in [0.15, 0.2) is 6.23 Å². The van der Waals surface area contributed by atoms with E-state index in [1.54, 1.807) is 0 Å². The average molecular weight is 347 g/mol. The molecule has 0 aromatic carbocycles. The predicted molar refractivity (Wildman–Crippen MR) is 89.2 cm³/mol. The van der Waals surface area contributed by atoms with Gasteiger partial charge < -0.3 is 24.1 Å². The minimum atomic E-state index is -1.23. The summed E-state index contributed by atoms with van der Waals surface area (Å²) in [5.74, 6) is -1.23. The third-order valence-electron chi connectivity index (χ3n) is 4.41. The summed E-state index contributed by atoms with van der Waals surface area (Å²) >= 11 is 0. The van der Waals surface area contributed by atoms with Crippen LogP contribution in [0.2, 0.25) is 0 Å². The molecule has 2 fully saturated rings. The Labute approximate surface area is 145 Å². The smallest absolute Gasteiger partial charge is 0.284 e. The van der Waals surface area contributed by atoms with Crippen LogP contribution in [0.25, 0.3) is 0 Å². The summed E-state index contributed by atoms with van der Waals surface area (Å²) in [4.78, 5) is 1.97. The molecule has 2 rings (SSSR count). The SMILES string of the molecule is CCOC(OCC)(C(O)N1CCOCC1)N(CC)N1CCOCC1. The summed E-state index contributed by atoms with van der Waals surface area (Å²) in [6.45, 7) is 12.8. The van der Waals surface area contributed by atoms with Crippen LogP contribution in [0.3, 0.4) is 0 Å². The van der Waals surface area contributed by atoms with Crippen LogP contribution in [0.15, 0.2) is 0 Å². The van der Waals surface area contributed by atoms with Gasteiger partial charge in [-0.1, -0.05) is 6.92 Å². The zero-order valence-corrected chi connectivity index (χ0v) is 15.3. The fourth-order valence-corrected chi connectivity index (χ4v) is 3.35. The molecule has 0 radical (unpaired) electrons. The summed E-state index contributed by atoms with van der Waals surface area (Å²) in [6, 6.07) is 0. The standard InChI is InChI=1S/C16H33N3O5/c1-4-19(18-9-13-22-14-10-18)16(23-5-2,24-6-3)15(20)17-7-11-21-12-8-17/h15,20H,4-14H2,1-3H3. The Morgan fingerprint density at radius 3 is 1.92 bits per heavy atom. The first kappa shape index (κ1) is 20.0.